The standard InChI is InChI=1S/C14H12O3.C3H8O3/c1-17-11-7-8-12(13(15)9-11)14(16)10-5-3-2-4-6-10;4-1-3(6)2-5/h2-9,15H,1H3;3-6H,1-2H2. The van der Waals surface area contributed by atoms with Gasteiger partial charge in [0.05, 0.1) is 25.9 Å². The van der Waals surface area contributed by atoms with Gasteiger partial charge in [-0.2, -0.15) is 0 Å². The Morgan fingerprint density at radius 1 is 1.09 bits per heavy atom. The maximum atomic E-state index is 12.1. The molecule has 0 aliphatic rings. The molecule has 0 aliphatic carbocycles. The predicted molar refractivity (Wildman–Crippen MR) is 84.7 cm³/mol. The van der Waals surface area contributed by atoms with E-state index in [0.717, 1.165) is 0 Å². The van der Waals surface area contributed by atoms with E-state index in [-0.39, 0.29) is 30.3 Å². The SMILES string of the molecule is COc1ccc(C(=O)c2ccccc2)c(O)c1.OCC(O)CO. The average molecular weight is 320 g/mol. The zero-order chi connectivity index (χ0) is 17.2. The van der Waals surface area contributed by atoms with Gasteiger partial charge in [-0.05, 0) is 12.1 Å². The molecule has 0 radical (unpaired) electrons. The Bertz CT molecular complexity index is 608. The summed E-state index contributed by atoms with van der Waals surface area (Å²) in [6, 6.07) is 13.5. The van der Waals surface area contributed by atoms with Crippen molar-refractivity contribution >= 4 is 5.78 Å². The third-order valence-corrected chi connectivity index (χ3v) is 2.91. The van der Waals surface area contributed by atoms with Crippen LogP contribution in [-0.2, 0) is 0 Å². The fourth-order valence-corrected chi connectivity index (χ4v) is 1.63. The average Bonchev–Trinajstić information content (AvgIpc) is 2.61. The number of rotatable bonds is 5. The second-order valence-corrected chi connectivity index (χ2v) is 4.60. The number of aliphatic hydroxyl groups excluding tert-OH is 3. The lowest BCUT2D eigenvalue weighted by atomic mass is 10.0. The number of aliphatic hydroxyl groups is 3. The number of carbonyl (C=O) groups excluding carboxylic acids is 1. The van der Waals surface area contributed by atoms with Crippen molar-refractivity contribution in [3.05, 3.63) is 59.7 Å². The lowest BCUT2D eigenvalue weighted by molar-refractivity contribution is 0.0450. The van der Waals surface area contributed by atoms with E-state index < -0.39 is 6.10 Å². The summed E-state index contributed by atoms with van der Waals surface area (Å²) in [6.45, 7) is -0.729. The Morgan fingerprint density at radius 2 is 1.70 bits per heavy atom. The maximum absolute atomic E-state index is 12.1. The van der Waals surface area contributed by atoms with Crippen molar-refractivity contribution in [2.45, 2.75) is 6.10 Å². The van der Waals surface area contributed by atoms with Crippen molar-refractivity contribution in [3.63, 3.8) is 0 Å². The molecule has 6 nitrogen and oxygen atoms in total. The Kier molecular flexibility index (Phi) is 7.76. The zero-order valence-electron chi connectivity index (χ0n) is 12.7. The van der Waals surface area contributed by atoms with E-state index in [0.29, 0.717) is 11.3 Å². The van der Waals surface area contributed by atoms with Crippen molar-refractivity contribution in [1.82, 2.24) is 0 Å². The second-order valence-electron chi connectivity index (χ2n) is 4.60. The van der Waals surface area contributed by atoms with Gasteiger partial charge in [0, 0.05) is 11.6 Å². The molecule has 0 saturated heterocycles. The van der Waals surface area contributed by atoms with Crippen molar-refractivity contribution in [1.29, 1.82) is 0 Å². The summed E-state index contributed by atoms with van der Waals surface area (Å²) < 4.78 is 4.96. The molecular weight excluding hydrogens is 300 g/mol. The van der Waals surface area contributed by atoms with Crippen LogP contribution in [0.15, 0.2) is 48.5 Å². The molecule has 0 spiro atoms. The van der Waals surface area contributed by atoms with Crippen LogP contribution in [0.2, 0.25) is 0 Å². The number of benzene rings is 2. The third kappa shape index (κ3) is 5.71. The molecule has 0 amide bonds. The van der Waals surface area contributed by atoms with Gasteiger partial charge in [0.25, 0.3) is 0 Å². The van der Waals surface area contributed by atoms with Gasteiger partial charge in [-0.25, -0.2) is 0 Å². The van der Waals surface area contributed by atoms with Crippen molar-refractivity contribution in [2.75, 3.05) is 20.3 Å². The summed E-state index contributed by atoms with van der Waals surface area (Å²) in [5.41, 5.74) is 0.824. The van der Waals surface area contributed by atoms with Crippen LogP contribution >= 0.6 is 0 Å². The van der Waals surface area contributed by atoms with E-state index in [1.807, 2.05) is 6.07 Å². The molecular formula is C17H20O6. The van der Waals surface area contributed by atoms with Crippen LogP contribution in [0.5, 0.6) is 11.5 Å². The number of hydrogen-bond donors (Lipinski definition) is 4. The van der Waals surface area contributed by atoms with Gasteiger partial charge >= 0.3 is 0 Å². The third-order valence-electron chi connectivity index (χ3n) is 2.91. The largest absolute Gasteiger partial charge is 0.507 e. The van der Waals surface area contributed by atoms with E-state index in [1.54, 1.807) is 36.4 Å². The van der Waals surface area contributed by atoms with Crippen LogP contribution in [-0.4, -0.2) is 52.6 Å². The smallest absolute Gasteiger partial charge is 0.196 e. The normalized spacial score (nSPS) is 9.96. The molecule has 2 aromatic carbocycles. The van der Waals surface area contributed by atoms with Crippen molar-refractivity contribution in [2.24, 2.45) is 0 Å². The number of ketones is 1. The van der Waals surface area contributed by atoms with E-state index >= 15 is 0 Å². The first-order chi connectivity index (χ1) is 11.0. The van der Waals surface area contributed by atoms with Crippen LogP contribution in [0.4, 0.5) is 0 Å². The summed E-state index contributed by atoms with van der Waals surface area (Å²) in [5.74, 6) is 0.246. The van der Waals surface area contributed by atoms with E-state index in [9.17, 15) is 9.90 Å². The zero-order valence-corrected chi connectivity index (χ0v) is 12.7. The maximum Gasteiger partial charge on any atom is 0.196 e. The van der Waals surface area contributed by atoms with Gasteiger partial charge in [-0.1, -0.05) is 30.3 Å². The van der Waals surface area contributed by atoms with E-state index in [4.69, 9.17) is 20.1 Å². The summed E-state index contributed by atoms with van der Waals surface area (Å²) in [5, 5.41) is 33.8. The number of phenolic OH excluding ortho intramolecular Hbond substituents is 1. The minimum Gasteiger partial charge on any atom is -0.507 e. The number of carbonyl (C=O) groups is 1. The lowest BCUT2D eigenvalue weighted by Crippen LogP contribution is -2.15. The van der Waals surface area contributed by atoms with Crippen LogP contribution in [0, 0.1) is 0 Å². The monoisotopic (exact) mass is 320 g/mol. The molecule has 0 unspecified atom stereocenters. The van der Waals surface area contributed by atoms with Gasteiger partial charge in [0.1, 0.15) is 17.6 Å². The van der Waals surface area contributed by atoms with Crippen LogP contribution in [0.25, 0.3) is 0 Å². The summed E-state index contributed by atoms with van der Waals surface area (Å²) >= 11 is 0. The highest BCUT2D eigenvalue weighted by Gasteiger charge is 2.13. The van der Waals surface area contributed by atoms with Gasteiger partial charge in [-0.3, -0.25) is 4.79 Å². The fraction of sp³-hybridized carbons (Fsp3) is 0.235. The van der Waals surface area contributed by atoms with Gasteiger partial charge in [-0.15, -0.1) is 0 Å². The molecule has 2 rings (SSSR count). The molecule has 23 heavy (non-hydrogen) atoms. The molecule has 0 heterocycles. The van der Waals surface area contributed by atoms with Gasteiger partial charge in [0.2, 0.25) is 0 Å². The number of methoxy groups -OCH3 is 1. The molecule has 0 fully saturated rings. The summed E-state index contributed by atoms with van der Waals surface area (Å²) in [7, 11) is 1.51. The molecule has 0 atom stereocenters. The number of aromatic hydroxyl groups is 1. The van der Waals surface area contributed by atoms with Gasteiger partial charge < -0.3 is 25.2 Å². The Hall–Kier alpha value is -2.41. The first kappa shape index (κ1) is 18.6. The van der Waals surface area contributed by atoms with Crippen molar-refractivity contribution in [3.8, 4) is 11.5 Å². The highest BCUT2D eigenvalue weighted by atomic mass is 16.5. The highest BCUT2D eigenvalue weighted by Crippen LogP contribution is 2.25. The molecule has 6 heteroatoms. The van der Waals surface area contributed by atoms with Crippen molar-refractivity contribution < 1.29 is 30.0 Å². The first-order valence-electron chi connectivity index (χ1n) is 6.90. The van der Waals surface area contributed by atoms with Crippen LogP contribution in [0.1, 0.15) is 15.9 Å². The molecule has 0 aliphatic heterocycles. The fourth-order valence-electron chi connectivity index (χ4n) is 1.63. The van der Waals surface area contributed by atoms with E-state index in [1.165, 1.54) is 13.2 Å². The first-order valence-corrected chi connectivity index (χ1v) is 6.90. The molecule has 0 saturated carbocycles. The minimum atomic E-state index is -0.954. The van der Waals surface area contributed by atoms with E-state index in [2.05, 4.69) is 0 Å². The second kappa shape index (κ2) is 9.58. The van der Waals surface area contributed by atoms with Crippen LogP contribution in [0.3, 0.4) is 0 Å². The minimum absolute atomic E-state index is 0.0711. The van der Waals surface area contributed by atoms with Crippen LogP contribution < -0.4 is 4.74 Å². The van der Waals surface area contributed by atoms with Gasteiger partial charge in [0.15, 0.2) is 5.78 Å². The molecule has 2 aromatic rings. The summed E-state index contributed by atoms with van der Waals surface area (Å²) in [4.78, 5) is 12.1. The Morgan fingerprint density at radius 3 is 2.13 bits per heavy atom. The number of phenols is 1. The number of hydrogen-bond acceptors (Lipinski definition) is 6. The Labute approximate surface area is 134 Å². The Balaban J connectivity index is 0.000000379. The highest BCUT2D eigenvalue weighted by molar-refractivity contribution is 6.10. The topological polar surface area (TPSA) is 107 Å². The quantitative estimate of drug-likeness (QED) is 0.611. The predicted octanol–water partition coefficient (Wildman–Crippen LogP) is 0.964. The molecule has 0 aromatic heterocycles. The summed E-state index contributed by atoms with van der Waals surface area (Å²) in [6.07, 6.45) is -0.954. The molecule has 124 valence electrons. The molecule has 4 N–H and O–H groups in total. The number of ether oxygens (including phenoxy) is 1. The molecule has 0 bridgehead atoms. The lowest BCUT2D eigenvalue weighted by Gasteiger charge is -2.06.